The number of benzene rings is 1. The predicted molar refractivity (Wildman–Crippen MR) is 55.6 cm³/mol. The molecule has 1 atom stereocenters. The molecule has 0 saturated carbocycles. The summed E-state index contributed by atoms with van der Waals surface area (Å²) in [6, 6.07) is 6.60. The Bertz CT molecular complexity index is 273. The van der Waals surface area contributed by atoms with Gasteiger partial charge in [-0.05, 0) is 36.5 Å². The van der Waals surface area contributed by atoms with E-state index in [0.29, 0.717) is 0 Å². The van der Waals surface area contributed by atoms with Crippen molar-refractivity contribution in [3.05, 3.63) is 35.6 Å². The fraction of sp³-hybridized carbons (Fsp3) is 0.500. The summed E-state index contributed by atoms with van der Waals surface area (Å²) in [5.41, 5.74) is 0.970. The molecule has 14 heavy (non-hydrogen) atoms. The van der Waals surface area contributed by atoms with E-state index in [4.69, 9.17) is 5.11 Å². The SMILES string of the molecule is CCCC(CO)Cc1cccc(F)c1. The van der Waals surface area contributed by atoms with E-state index >= 15 is 0 Å². The lowest BCUT2D eigenvalue weighted by atomic mass is 9.96. The zero-order valence-electron chi connectivity index (χ0n) is 8.54. The molecule has 1 unspecified atom stereocenters. The van der Waals surface area contributed by atoms with Gasteiger partial charge in [-0.2, -0.15) is 0 Å². The van der Waals surface area contributed by atoms with Gasteiger partial charge in [0.05, 0.1) is 0 Å². The summed E-state index contributed by atoms with van der Waals surface area (Å²) in [5, 5.41) is 9.09. The van der Waals surface area contributed by atoms with Crippen LogP contribution in [0.4, 0.5) is 4.39 Å². The Morgan fingerprint density at radius 1 is 1.43 bits per heavy atom. The van der Waals surface area contributed by atoms with Crippen LogP contribution < -0.4 is 0 Å². The molecule has 0 amide bonds. The molecule has 78 valence electrons. The Morgan fingerprint density at radius 2 is 2.21 bits per heavy atom. The van der Waals surface area contributed by atoms with Crippen molar-refractivity contribution in [1.29, 1.82) is 0 Å². The van der Waals surface area contributed by atoms with Crippen LogP contribution in [-0.2, 0) is 6.42 Å². The topological polar surface area (TPSA) is 20.2 Å². The van der Waals surface area contributed by atoms with Gasteiger partial charge < -0.3 is 5.11 Å². The quantitative estimate of drug-likeness (QED) is 0.767. The second-order valence-corrected chi connectivity index (χ2v) is 3.67. The van der Waals surface area contributed by atoms with Crippen molar-refractivity contribution in [3.63, 3.8) is 0 Å². The summed E-state index contributed by atoms with van der Waals surface area (Å²) in [4.78, 5) is 0. The lowest BCUT2D eigenvalue weighted by Crippen LogP contribution is -2.09. The van der Waals surface area contributed by atoms with Gasteiger partial charge in [-0.25, -0.2) is 4.39 Å². The van der Waals surface area contributed by atoms with E-state index in [0.717, 1.165) is 24.8 Å². The van der Waals surface area contributed by atoms with Crippen LogP contribution in [0.25, 0.3) is 0 Å². The van der Waals surface area contributed by atoms with Crippen molar-refractivity contribution < 1.29 is 9.50 Å². The minimum absolute atomic E-state index is 0.185. The summed E-state index contributed by atoms with van der Waals surface area (Å²) in [6.07, 6.45) is 2.82. The molecule has 0 aliphatic heterocycles. The molecular formula is C12H17FO. The highest BCUT2D eigenvalue weighted by Gasteiger charge is 2.07. The van der Waals surface area contributed by atoms with Gasteiger partial charge in [-0.1, -0.05) is 25.5 Å². The maximum atomic E-state index is 12.8. The predicted octanol–water partition coefficient (Wildman–Crippen LogP) is 2.78. The highest BCUT2D eigenvalue weighted by molar-refractivity contribution is 5.16. The number of halogens is 1. The van der Waals surface area contributed by atoms with Crippen LogP contribution in [0.5, 0.6) is 0 Å². The number of hydrogen-bond donors (Lipinski definition) is 1. The monoisotopic (exact) mass is 196 g/mol. The lowest BCUT2D eigenvalue weighted by molar-refractivity contribution is 0.217. The van der Waals surface area contributed by atoms with Crippen molar-refractivity contribution in [2.24, 2.45) is 5.92 Å². The second-order valence-electron chi connectivity index (χ2n) is 3.67. The number of aliphatic hydroxyl groups is 1. The van der Waals surface area contributed by atoms with Gasteiger partial charge in [-0.15, -0.1) is 0 Å². The van der Waals surface area contributed by atoms with Gasteiger partial charge in [0, 0.05) is 6.61 Å². The molecule has 1 aromatic carbocycles. The Morgan fingerprint density at radius 3 is 2.79 bits per heavy atom. The van der Waals surface area contributed by atoms with E-state index in [1.165, 1.54) is 6.07 Å². The largest absolute Gasteiger partial charge is 0.396 e. The number of rotatable bonds is 5. The van der Waals surface area contributed by atoms with Gasteiger partial charge in [0.15, 0.2) is 0 Å². The summed E-state index contributed by atoms with van der Waals surface area (Å²) in [6.45, 7) is 2.28. The summed E-state index contributed by atoms with van der Waals surface area (Å²) >= 11 is 0. The third-order valence-electron chi connectivity index (χ3n) is 2.37. The molecule has 0 saturated heterocycles. The average Bonchev–Trinajstić information content (AvgIpc) is 2.17. The molecule has 1 aromatic rings. The maximum Gasteiger partial charge on any atom is 0.123 e. The van der Waals surface area contributed by atoms with Crippen LogP contribution in [-0.4, -0.2) is 11.7 Å². The van der Waals surface area contributed by atoms with Crippen LogP contribution in [0.15, 0.2) is 24.3 Å². The van der Waals surface area contributed by atoms with Crippen LogP contribution in [0.2, 0.25) is 0 Å². The van der Waals surface area contributed by atoms with Crippen LogP contribution in [0.3, 0.4) is 0 Å². The second kappa shape index (κ2) is 5.76. The molecule has 0 fully saturated rings. The Hall–Kier alpha value is -0.890. The fourth-order valence-corrected chi connectivity index (χ4v) is 1.66. The van der Waals surface area contributed by atoms with E-state index in [9.17, 15) is 4.39 Å². The molecular weight excluding hydrogens is 179 g/mol. The van der Waals surface area contributed by atoms with Crippen molar-refractivity contribution in [1.82, 2.24) is 0 Å². The van der Waals surface area contributed by atoms with E-state index in [2.05, 4.69) is 6.92 Å². The zero-order valence-corrected chi connectivity index (χ0v) is 8.54. The van der Waals surface area contributed by atoms with Crippen LogP contribution in [0, 0.1) is 11.7 Å². The van der Waals surface area contributed by atoms with Gasteiger partial charge in [0.2, 0.25) is 0 Å². The molecule has 0 radical (unpaired) electrons. The Labute approximate surface area is 84.6 Å². The summed E-state index contributed by atoms with van der Waals surface area (Å²) < 4.78 is 12.8. The highest BCUT2D eigenvalue weighted by atomic mass is 19.1. The third-order valence-corrected chi connectivity index (χ3v) is 2.37. The van der Waals surface area contributed by atoms with Crippen molar-refractivity contribution in [2.45, 2.75) is 26.2 Å². The minimum Gasteiger partial charge on any atom is -0.396 e. The molecule has 0 spiro atoms. The standard InChI is InChI=1S/C12H17FO/c1-2-4-11(9-14)7-10-5-3-6-12(13)8-10/h3,5-6,8,11,14H,2,4,7,9H2,1H3. The van der Waals surface area contributed by atoms with Crippen LogP contribution in [0.1, 0.15) is 25.3 Å². The minimum atomic E-state index is -0.198. The maximum absolute atomic E-state index is 12.8. The van der Waals surface area contributed by atoms with E-state index in [1.54, 1.807) is 12.1 Å². The molecule has 2 heteroatoms. The van der Waals surface area contributed by atoms with E-state index in [-0.39, 0.29) is 18.3 Å². The molecule has 0 aliphatic carbocycles. The molecule has 1 rings (SSSR count). The first-order valence-electron chi connectivity index (χ1n) is 5.11. The Kier molecular flexibility index (Phi) is 4.60. The van der Waals surface area contributed by atoms with Gasteiger partial charge in [0.1, 0.15) is 5.82 Å². The van der Waals surface area contributed by atoms with Crippen molar-refractivity contribution in [3.8, 4) is 0 Å². The molecule has 0 bridgehead atoms. The molecule has 1 N–H and O–H groups in total. The molecule has 1 nitrogen and oxygen atoms in total. The van der Waals surface area contributed by atoms with Crippen molar-refractivity contribution in [2.75, 3.05) is 6.61 Å². The first kappa shape index (κ1) is 11.2. The van der Waals surface area contributed by atoms with E-state index in [1.807, 2.05) is 6.07 Å². The fourth-order valence-electron chi connectivity index (χ4n) is 1.66. The number of hydrogen-bond acceptors (Lipinski definition) is 1. The van der Waals surface area contributed by atoms with Gasteiger partial charge in [0.25, 0.3) is 0 Å². The molecule has 0 aliphatic rings. The lowest BCUT2D eigenvalue weighted by Gasteiger charge is -2.12. The molecule has 0 heterocycles. The first-order valence-corrected chi connectivity index (χ1v) is 5.11. The van der Waals surface area contributed by atoms with Crippen molar-refractivity contribution >= 4 is 0 Å². The smallest absolute Gasteiger partial charge is 0.123 e. The zero-order chi connectivity index (χ0) is 10.4. The van der Waals surface area contributed by atoms with E-state index < -0.39 is 0 Å². The van der Waals surface area contributed by atoms with Gasteiger partial charge in [-0.3, -0.25) is 0 Å². The summed E-state index contributed by atoms with van der Waals surface area (Å²) in [5.74, 6) is 0.0671. The Balaban J connectivity index is 2.57. The normalized spacial score (nSPS) is 12.8. The highest BCUT2D eigenvalue weighted by Crippen LogP contribution is 2.14. The van der Waals surface area contributed by atoms with Gasteiger partial charge >= 0.3 is 0 Å². The average molecular weight is 196 g/mol. The summed E-state index contributed by atoms with van der Waals surface area (Å²) in [7, 11) is 0. The molecule has 0 aromatic heterocycles. The third kappa shape index (κ3) is 3.46. The number of aliphatic hydroxyl groups excluding tert-OH is 1. The van der Waals surface area contributed by atoms with Crippen LogP contribution >= 0.6 is 0 Å². The first-order chi connectivity index (χ1) is 6.76.